The number of nitrogens with zero attached hydrogens (tertiary/aromatic N) is 2. The first-order chi connectivity index (χ1) is 8.29. The summed E-state index contributed by atoms with van der Waals surface area (Å²) in [6.45, 7) is 2.61. The molecule has 0 aliphatic carbocycles. The third-order valence-corrected chi connectivity index (χ3v) is 2.43. The van der Waals surface area contributed by atoms with Gasteiger partial charge in [-0.15, -0.1) is 0 Å². The lowest BCUT2D eigenvalue weighted by molar-refractivity contribution is 0.0124. The Hall–Kier alpha value is -1.70. The molecule has 17 heavy (non-hydrogen) atoms. The van der Waals surface area contributed by atoms with E-state index in [9.17, 15) is 4.79 Å². The molecular weight excluding hydrogens is 222 g/mol. The van der Waals surface area contributed by atoms with Gasteiger partial charge < -0.3 is 10.2 Å². The summed E-state index contributed by atoms with van der Waals surface area (Å²) in [4.78, 5) is 15.8. The van der Waals surface area contributed by atoms with Gasteiger partial charge in [-0.25, -0.2) is 5.01 Å². The molecule has 1 aromatic heterocycles. The van der Waals surface area contributed by atoms with E-state index in [2.05, 4.69) is 15.8 Å². The smallest absolute Gasteiger partial charge is 0.284 e. The maximum absolute atomic E-state index is 11.9. The molecule has 0 saturated carbocycles. The number of nitrogens with two attached hydrogens (primary N) is 1. The highest BCUT2D eigenvalue weighted by atomic mass is 16.5. The van der Waals surface area contributed by atoms with Gasteiger partial charge in [-0.1, -0.05) is 0 Å². The lowest BCUT2D eigenvalue weighted by Gasteiger charge is -2.26. The maximum Gasteiger partial charge on any atom is 0.284 e. The molecule has 1 aromatic rings. The number of morpholine rings is 1. The molecule has 0 spiro atoms. The van der Waals surface area contributed by atoms with Gasteiger partial charge in [-0.2, -0.15) is 0 Å². The predicted octanol–water partition coefficient (Wildman–Crippen LogP) is -0.656. The van der Waals surface area contributed by atoms with E-state index in [1.807, 2.05) is 5.01 Å². The molecule has 0 atom stereocenters. The first kappa shape index (κ1) is 11.8. The molecule has 2 rings (SSSR count). The zero-order chi connectivity index (χ0) is 12.1. The number of carbonyl (C=O) groups is 1. The molecule has 92 valence electrons. The maximum atomic E-state index is 11.9. The number of rotatable bonds is 3. The first-order valence-electron chi connectivity index (χ1n) is 5.36. The molecule has 0 aromatic carbocycles. The Morgan fingerprint density at radius 3 is 2.94 bits per heavy atom. The van der Waals surface area contributed by atoms with Gasteiger partial charge in [0, 0.05) is 19.3 Å². The number of carbonyl (C=O) groups excluding carboxylic acids is 1. The van der Waals surface area contributed by atoms with E-state index in [4.69, 9.17) is 10.6 Å². The minimum absolute atomic E-state index is 0.246. The van der Waals surface area contributed by atoms with Crippen molar-refractivity contribution in [2.24, 2.45) is 5.84 Å². The lowest BCUT2D eigenvalue weighted by atomic mass is 10.3. The highest BCUT2D eigenvalue weighted by Crippen LogP contribution is 2.06. The van der Waals surface area contributed by atoms with Crippen molar-refractivity contribution in [3.05, 3.63) is 24.0 Å². The number of hydrogen-bond acceptors (Lipinski definition) is 6. The molecule has 0 bridgehead atoms. The van der Waals surface area contributed by atoms with E-state index in [0.717, 1.165) is 0 Å². The van der Waals surface area contributed by atoms with Crippen molar-refractivity contribution in [3.8, 4) is 0 Å². The number of anilines is 1. The Morgan fingerprint density at radius 2 is 2.24 bits per heavy atom. The second-order valence-corrected chi connectivity index (χ2v) is 3.61. The van der Waals surface area contributed by atoms with E-state index < -0.39 is 0 Å². The molecular formula is C10H15N5O2. The normalized spacial score (nSPS) is 16.5. The Morgan fingerprint density at radius 1 is 1.47 bits per heavy atom. The lowest BCUT2D eigenvalue weighted by Crippen LogP contribution is -2.48. The van der Waals surface area contributed by atoms with Crippen molar-refractivity contribution in [3.63, 3.8) is 0 Å². The number of nitrogen functional groups attached to an aromatic ring is 1. The average Bonchev–Trinajstić information content (AvgIpc) is 2.40. The fourth-order valence-corrected chi connectivity index (χ4v) is 1.52. The highest BCUT2D eigenvalue weighted by molar-refractivity contribution is 5.92. The third-order valence-electron chi connectivity index (χ3n) is 2.43. The largest absolute Gasteiger partial charge is 0.379 e. The number of hydrogen-bond donors (Lipinski definition) is 3. The van der Waals surface area contributed by atoms with Crippen LogP contribution in [-0.4, -0.2) is 42.2 Å². The number of ether oxygens (including phenoxy) is 1. The van der Waals surface area contributed by atoms with Gasteiger partial charge in [-0.3, -0.25) is 21.0 Å². The van der Waals surface area contributed by atoms with Crippen LogP contribution in [0.4, 0.5) is 5.69 Å². The van der Waals surface area contributed by atoms with Crippen LogP contribution in [0, 0.1) is 0 Å². The van der Waals surface area contributed by atoms with Gasteiger partial charge in [0.1, 0.15) is 5.69 Å². The number of nitrogens with one attached hydrogen (secondary N) is 2. The van der Waals surface area contributed by atoms with Gasteiger partial charge in [0.05, 0.1) is 18.9 Å². The summed E-state index contributed by atoms with van der Waals surface area (Å²) < 4.78 is 5.19. The standard InChI is InChI=1S/C10H15N5O2/c11-13-8-1-2-12-9(7-8)10(16)14-15-3-5-17-6-4-15/h1-2,7H,3-6,11H2,(H,12,13)(H,14,16). The molecule has 1 saturated heterocycles. The van der Waals surface area contributed by atoms with E-state index in [1.54, 1.807) is 12.1 Å². The molecule has 0 unspecified atom stereocenters. The zero-order valence-corrected chi connectivity index (χ0v) is 9.35. The van der Waals surface area contributed by atoms with Crippen LogP contribution in [0.3, 0.4) is 0 Å². The molecule has 1 aliphatic rings. The summed E-state index contributed by atoms with van der Waals surface area (Å²) in [7, 11) is 0. The molecule has 2 heterocycles. The van der Waals surface area contributed by atoms with Crippen molar-refractivity contribution in [1.82, 2.24) is 15.4 Å². The Labute approximate surface area is 98.9 Å². The van der Waals surface area contributed by atoms with Crippen LogP contribution >= 0.6 is 0 Å². The van der Waals surface area contributed by atoms with E-state index in [0.29, 0.717) is 37.7 Å². The van der Waals surface area contributed by atoms with Crippen molar-refractivity contribution in [1.29, 1.82) is 0 Å². The number of aromatic nitrogens is 1. The fraction of sp³-hybridized carbons (Fsp3) is 0.400. The van der Waals surface area contributed by atoms with Crippen molar-refractivity contribution in [2.45, 2.75) is 0 Å². The number of amides is 1. The molecule has 1 amide bonds. The molecule has 0 radical (unpaired) electrons. The van der Waals surface area contributed by atoms with Gasteiger partial charge in [0.15, 0.2) is 0 Å². The number of hydrazine groups is 2. The van der Waals surface area contributed by atoms with Gasteiger partial charge >= 0.3 is 0 Å². The third kappa shape index (κ3) is 3.13. The van der Waals surface area contributed by atoms with Gasteiger partial charge in [-0.05, 0) is 12.1 Å². The molecule has 1 aliphatic heterocycles. The summed E-state index contributed by atoms with van der Waals surface area (Å²) in [6.07, 6.45) is 1.53. The van der Waals surface area contributed by atoms with E-state index >= 15 is 0 Å². The SMILES string of the molecule is NNc1ccnc(C(=O)NN2CCOCC2)c1. The molecule has 7 nitrogen and oxygen atoms in total. The van der Waals surface area contributed by atoms with Crippen LogP contribution in [0.1, 0.15) is 10.5 Å². The Bertz CT molecular complexity index is 392. The van der Waals surface area contributed by atoms with Crippen LogP contribution in [-0.2, 0) is 4.74 Å². The van der Waals surface area contributed by atoms with Crippen LogP contribution in [0.15, 0.2) is 18.3 Å². The van der Waals surface area contributed by atoms with Crippen molar-refractivity contribution < 1.29 is 9.53 Å². The van der Waals surface area contributed by atoms with Gasteiger partial charge in [0.2, 0.25) is 0 Å². The van der Waals surface area contributed by atoms with E-state index in [-0.39, 0.29) is 5.91 Å². The van der Waals surface area contributed by atoms with Crippen molar-refractivity contribution in [2.75, 3.05) is 31.7 Å². The summed E-state index contributed by atoms with van der Waals surface area (Å²) in [5, 5.41) is 1.82. The second kappa shape index (κ2) is 5.58. The van der Waals surface area contributed by atoms with Crippen LogP contribution in [0.2, 0.25) is 0 Å². The molecule has 4 N–H and O–H groups in total. The van der Waals surface area contributed by atoms with Crippen LogP contribution in [0.5, 0.6) is 0 Å². The monoisotopic (exact) mass is 237 g/mol. The minimum atomic E-state index is -0.246. The summed E-state index contributed by atoms with van der Waals surface area (Å²) in [5.41, 5.74) is 6.21. The topological polar surface area (TPSA) is 92.5 Å². The molecule has 7 heteroatoms. The summed E-state index contributed by atoms with van der Waals surface area (Å²) in [5.74, 6) is 5.02. The zero-order valence-electron chi connectivity index (χ0n) is 9.35. The quantitative estimate of drug-likeness (QED) is 0.477. The Balaban J connectivity index is 1.98. The minimum Gasteiger partial charge on any atom is -0.379 e. The molecule has 1 fully saturated rings. The summed E-state index contributed by atoms with van der Waals surface area (Å²) in [6, 6.07) is 3.28. The Kier molecular flexibility index (Phi) is 3.86. The van der Waals surface area contributed by atoms with Crippen LogP contribution in [0.25, 0.3) is 0 Å². The second-order valence-electron chi connectivity index (χ2n) is 3.61. The fourth-order valence-electron chi connectivity index (χ4n) is 1.52. The predicted molar refractivity (Wildman–Crippen MR) is 61.9 cm³/mol. The summed E-state index contributed by atoms with van der Waals surface area (Å²) >= 11 is 0. The van der Waals surface area contributed by atoms with E-state index in [1.165, 1.54) is 6.20 Å². The number of pyridine rings is 1. The van der Waals surface area contributed by atoms with Crippen LogP contribution < -0.4 is 16.7 Å². The van der Waals surface area contributed by atoms with Crippen molar-refractivity contribution >= 4 is 11.6 Å². The average molecular weight is 237 g/mol. The highest BCUT2D eigenvalue weighted by Gasteiger charge is 2.15. The first-order valence-corrected chi connectivity index (χ1v) is 5.36. The van der Waals surface area contributed by atoms with Gasteiger partial charge in [0.25, 0.3) is 5.91 Å².